The van der Waals surface area contributed by atoms with E-state index in [-0.39, 0.29) is 11.8 Å². The van der Waals surface area contributed by atoms with Gasteiger partial charge in [-0.3, -0.25) is 9.69 Å². The summed E-state index contributed by atoms with van der Waals surface area (Å²) >= 11 is 6.09. The minimum absolute atomic E-state index is 0.0644. The number of hydrogen-bond acceptors (Lipinski definition) is 4. The lowest BCUT2D eigenvalue weighted by atomic mass is 10.1. The third-order valence-corrected chi connectivity index (χ3v) is 4.83. The molecule has 0 aliphatic carbocycles. The number of methoxy groups -OCH3 is 1. The summed E-state index contributed by atoms with van der Waals surface area (Å²) in [6.45, 7) is 5.38. The van der Waals surface area contributed by atoms with E-state index in [1.54, 1.807) is 7.11 Å². The van der Waals surface area contributed by atoms with E-state index >= 15 is 0 Å². The quantitative estimate of drug-likeness (QED) is 0.842. The summed E-state index contributed by atoms with van der Waals surface area (Å²) in [5, 5.41) is 0.718. The summed E-state index contributed by atoms with van der Waals surface area (Å²) in [5.41, 5.74) is 1.09. The van der Waals surface area contributed by atoms with Gasteiger partial charge in [0, 0.05) is 49.9 Å². The molecular formula is C17H23ClN2O3. The highest BCUT2D eigenvalue weighted by molar-refractivity contribution is 6.30. The Bertz CT molecular complexity index is 553. The van der Waals surface area contributed by atoms with Crippen molar-refractivity contribution in [2.75, 3.05) is 46.5 Å². The first-order valence-corrected chi connectivity index (χ1v) is 8.46. The third kappa shape index (κ3) is 3.97. The van der Waals surface area contributed by atoms with Crippen molar-refractivity contribution < 1.29 is 14.3 Å². The summed E-state index contributed by atoms with van der Waals surface area (Å²) in [5.74, 6) is 1.17. The van der Waals surface area contributed by atoms with Gasteiger partial charge >= 0.3 is 0 Å². The van der Waals surface area contributed by atoms with Crippen LogP contribution in [0.25, 0.3) is 0 Å². The van der Waals surface area contributed by atoms with Crippen molar-refractivity contribution >= 4 is 17.5 Å². The molecule has 0 N–H and O–H groups in total. The van der Waals surface area contributed by atoms with Crippen LogP contribution in [0.1, 0.15) is 12.0 Å². The van der Waals surface area contributed by atoms with Gasteiger partial charge in [-0.05, 0) is 24.6 Å². The van der Waals surface area contributed by atoms with Gasteiger partial charge in [0.15, 0.2) is 0 Å². The Morgan fingerprint density at radius 3 is 2.78 bits per heavy atom. The average Bonchev–Trinajstić information content (AvgIpc) is 3.10. The Morgan fingerprint density at radius 2 is 2.13 bits per heavy atom. The number of piperazine rings is 1. The highest BCUT2D eigenvalue weighted by Gasteiger charge is 2.30. The predicted octanol–water partition coefficient (Wildman–Crippen LogP) is 2.03. The molecule has 0 spiro atoms. The first-order chi connectivity index (χ1) is 11.2. The maximum atomic E-state index is 12.4. The fourth-order valence-electron chi connectivity index (χ4n) is 3.23. The van der Waals surface area contributed by atoms with Gasteiger partial charge < -0.3 is 14.4 Å². The highest BCUT2D eigenvalue weighted by Crippen LogP contribution is 2.25. The van der Waals surface area contributed by atoms with E-state index in [1.807, 2.05) is 23.1 Å². The Balaban J connectivity index is 1.55. The number of benzene rings is 1. The molecule has 1 aromatic rings. The van der Waals surface area contributed by atoms with Crippen LogP contribution in [-0.2, 0) is 16.1 Å². The van der Waals surface area contributed by atoms with Crippen LogP contribution in [0, 0.1) is 5.92 Å². The molecule has 0 radical (unpaired) electrons. The topological polar surface area (TPSA) is 42.0 Å². The molecule has 3 rings (SSSR count). The number of rotatable bonds is 4. The van der Waals surface area contributed by atoms with Crippen LogP contribution in [-0.4, -0.2) is 62.2 Å². The van der Waals surface area contributed by atoms with Gasteiger partial charge in [-0.2, -0.15) is 0 Å². The largest absolute Gasteiger partial charge is 0.496 e. The number of carbonyl (C=O) groups excluding carboxylic acids is 1. The molecule has 0 bridgehead atoms. The number of nitrogens with zero attached hydrogens (tertiary/aromatic N) is 2. The van der Waals surface area contributed by atoms with Gasteiger partial charge in [0.25, 0.3) is 0 Å². The van der Waals surface area contributed by atoms with Crippen molar-refractivity contribution in [3.8, 4) is 5.75 Å². The van der Waals surface area contributed by atoms with Gasteiger partial charge in [-0.1, -0.05) is 11.6 Å². The molecule has 1 atom stereocenters. The van der Waals surface area contributed by atoms with E-state index in [4.69, 9.17) is 21.1 Å². The zero-order valence-electron chi connectivity index (χ0n) is 13.5. The molecule has 0 unspecified atom stereocenters. The highest BCUT2D eigenvalue weighted by atomic mass is 35.5. The first-order valence-electron chi connectivity index (χ1n) is 8.08. The molecular weight excluding hydrogens is 316 g/mol. The van der Waals surface area contributed by atoms with Gasteiger partial charge in [-0.25, -0.2) is 0 Å². The standard InChI is InChI=1S/C17H23ClN2O3/c1-22-16-3-2-15(18)10-14(16)11-19-5-7-20(8-6-19)17(21)13-4-9-23-12-13/h2-3,10,13H,4-9,11-12H2,1H3/t13-/m1/s1. The number of carbonyl (C=O) groups is 1. The molecule has 1 aromatic carbocycles. The van der Waals surface area contributed by atoms with Crippen LogP contribution in [0.15, 0.2) is 18.2 Å². The second-order valence-electron chi connectivity index (χ2n) is 6.12. The molecule has 5 nitrogen and oxygen atoms in total. The Kier molecular flexibility index (Phi) is 5.41. The fraction of sp³-hybridized carbons (Fsp3) is 0.588. The number of amides is 1. The van der Waals surface area contributed by atoms with E-state index < -0.39 is 0 Å². The molecule has 0 saturated carbocycles. The van der Waals surface area contributed by atoms with Crippen LogP contribution in [0.5, 0.6) is 5.75 Å². The molecule has 6 heteroatoms. The SMILES string of the molecule is COc1ccc(Cl)cc1CN1CCN(C(=O)[C@@H]2CCOC2)CC1. The van der Waals surface area contributed by atoms with E-state index in [0.29, 0.717) is 13.2 Å². The first kappa shape index (κ1) is 16.6. The van der Waals surface area contributed by atoms with E-state index in [0.717, 1.165) is 55.5 Å². The Hall–Kier alpha value is -1.30. The van der Waals surface area contributed by atoms with Crippen molar-refractivity contribution in [3.05, 3.63) is 28.8 Å². The van der Waals surface area contributed by atoms with Crippen molar-refractivity contribution in [2.45, 2.75) is 13.0 Å². The monoisotopic (exact) mass is 338 g/mol. The summed E-state index contributed by atoms with van der Waals surface area (Å²) in [4.78, 5) is 16.7. The van der Waals surface area contributed by atoms with E-state index in [9.17, 15) is 4.79 Å². The molecule has 1 amide bonds. The predicted molar refractivity (Wildman–Crippen MR) is 88.8 cm³/mol. The van der Waals surface area contributed by atoms with Crippen LogP contribution >= 0.6 is 11.6 Å². The van der Waals surface area contributed by atoms with Crippen molar-refractivity contribution in [3.63, 3.8) is 0 Å². The fourth-order valence-corrected chi connectivity index (χ4v) is 3.42. The number of ether oxygens (including phenoxy) is 2. The lowest BCUT2D eigenvalue weighted by Gasteiger charge is -2.36. The Morgan fingerprint density at radius 1 is 1.35 bits per heavy atom. The Labute approximate surface area is 142 Å². The number of hydrogen-bond donors (Lipinski definition) is 0. The van der Waals surface area contributed by atoms with Crippen LogP contribution < -0.4 is 4.74 Å². The minimum Gasteiger partial charge on any atom is -0.496 e. The minimum atomic E-state index is 0.0644. The van der Waals surface area contributed by atoms with Crippen molar-refractivity contribution in [2.24, 2.45) is 5.92 Å². The summed E-state index contributed by atoms with van der Waals surface area (Å²) < 4.78 is 10.7. The third-order valence-electron chi connectivity index (χ3n) is 4.60. The molecule has 0 aromatic heterocycles. The molecule has 23 heavy (non-hydrogen) atoms. The summed E-state index contributed by atoms with van der Waals surface area (Å²) in [6.07, 6.45) is 0.860. The van der Waals surface area contributed by atoms with Crippen LogP contribution in [0.3, 0.4) is 0 Å². The molecule has 2 aliphatic heterocycles. The molecule has 2 saturated heterocycles. The van der Waals surface area contributed by atoms with E-state index in [2.05, 4.69) is 4.90 Å². The maximum Gasteiger partial charge on any atom is 0.228 e. The van der Waals surface area contributed by atoms with Crippen LogP contribution in [0.2, 0.25) is 5.02 Å². The van der Waals surface area contributed by atoms with Crippen molar-refractivity contribution in [1.29, 1.82) is 0 Å². The van der Waals surface area contributed by atoms with Gasteiger partial charge in [0.1, 0.15) is 5.75 Å². The second-order valence-corrected chi connectivity index (χ2v) is 6.55. The normalized spacial score (nSPS) is 22.3. The van der Waals surface area contributed by atoms with Crippen LogP contribution in [0.4, 0.5) is 0 Å². The molecule has 2 fully saturated rings. The molecule has 2 heterocycles. The van der Waals surface area contributed by atoms with Crippen molar-refractivity contribution in [1.82, 2.24) is 9.80 Å². The average molecular weight is 339 g/mol. The maximum absolute atomic E-state index is 12.4. The zero-order chi connectivity index (χ0) is 16.2. The van der Waals surface area contributed by atoms with Gasteiger partial charge in [0.2, 0.25) is 5.91 Å². The summed E-state index contributed by atoms with van der Waals surface area (Å²) in [6, 6.07) is 5.69. The summed E-state index contributed by atoms with van der Waals surface area (Å²) in [7, 11) is 1.67. The number of halogens is 1. The smallest absolute Gasteiger partial charge is 0.228 e. The van der Waals surface area contributed by atoms with Gasteiger partial charge in [0.05, 0.1) is 19.6 Å². The second kappa shape index (κ2) is 7.51. The molecule has 126 valence electrons. The molecule has 2 aliphatic rings. The van der Waals surface area contributed by atoms with Gasteiger partial charge in [-0.15, -0.1) is 0 Å². The zero-order valence-corrected chi connectivity index (χ0v) is 14.2. The van der Waals surface area contributed by atoms with E-state index in [1.165, 1.54) is 0 Å². The lowest BCUT2D eigenvalue weighted by Crippen LogP contribution is -2.50. The lowest BCUT2D eigenvalue weighted by molar-refractivity contribution is -0.137.